The van der Waals surface area contributed by atoms with Gasteiger partial charge in [-0.2, -0.15) is 0 Å². The summed E-state index contributed by atoms with van der Waals surface area (Å²) < 4.78 is 12.1. The van der Waals surface area contributed by atoms with Crippen LogP contribution in [0.1, 0.15) is 11.6 Å². The molecule has 0 bridgehead atoms. The van der Waals surface area contributed by atoms with E-state index in [2.05, 4.69) is 0 Å². The van der Waals surface area contributed by atoms with E-state index in [4.69, 9.17) is 32.7 Å². The lowest BCUT2D eigenvalue weighted by Crippen LogP contribution is -2.61. The smallest absolute Gasteiger partial charge is 0.271 e. The van der Waals surface area contributed by atoms with E-state index in [9.17, 15) is 4.79 Å². The molecule has 2 heterocycles. The van der Waals surface area contributed by atoms with Crippen LogP contribution in [0.4, 0.5) is 5.69 Å². The van der Waals surface area contributed by atoms with Crippen molar-refractivity contribution in [3.63, 3.8) is 0 Å². The van der Waals surface area contributed by atoms with Gasteiger partial charge in [-0.3, -0.25) is 9.69 Å². The van der Waals surface area contributed by atoms with Gasteiger partial charge >= 0.3 is 0 Å². The highest BCUT2D eigenvalue weighted by Crippen LogP contribution is 2.51. The first-order valence-corrected chi connectivity index (χ1v) is 9.19. The molecule has 2 atom stereocenters. The number of carbonyl (C=O) groups is 1. The summed E-state index contributed by atoms with van der Waals surface area (Å²) in [6.45, 7) is 0. The lowest BCUT2D eigenvalue weighted by Gasteiger charge is -2.45. The van der Waals surface area contributed by atoms with Gasteiger partial charge in [-0.05, 0) is 36.4 Å². The van der Waals surface area contributed by atoms with Crippen molar-refractivity contribution in [3.05, 3.63) is 82.3 Å². The molecule has 0 saturated carbocycles. The molecule has 1 saturated heterocycles. The van der Waals surface area contributed by atoms with Crippen molar-refractivity contribution >= 4 is 34.8 Å². The van der Waals surface area contributed by atoms with Gasteiger partial charge in [0.25, 0.3) is 5.91 Å². The van der Waals surface area contributed by atoms with E-state index in [1.165, 1.54) is 0 Å². The summed E-state index contributed by atoms with van der Waals surface area (Å²) in [7, 11) is 0. The Hall–Kier alpha value is -2.69. The summed E-state index contributed by atoms with van der Waals surface area (Å²) in [5.41, 5.74) is 1.62. The maximum absolute atomic E-state index is 13.0. The first-order chi connectivity index (χ1) is 13.1. The second kappa shape index (κ2) is 6.19. The van der Waals surface area contributed by atoms with Crippen LogP contribution in [0.15, 0.2) is 66.7 Å². The average Bonchev–Trinajstić information content (AvgIpc) is 2.79. The van der Waals surface area contributed by atoms with Crippen LogP contribution in [-0.4, -0.2) is 12.0 Å². The zero-order chi connectivity index (χ0) is 18.5. The second-order valence-electron chi connectivity index (χ2n) is 6.37. The maximum atomic E-state index is 13.0. The molecular formula is C21H13Cl2NO3. The Bertz CT molecular complexity index is 1070. The second-order valence-corrected chi connectivity index (χ2v) is 7.22. The van der Waals surface area contributed by atoms with E-state index in [1.807, 2.05) is 48.5 Å². The fourth-order valence-corrected chi connectivity index (χ4v) is 3.99. The van der Waals surface area contributed by atoms with Gasteiger partial charge in [0.1, 0.15) is 17.5 Å². The monoisotopic (exact) mass is 397 g/mol. The minimum Gasteiger partial charge on any atom is -0.476 e. The van der Waals surface area contributed by atoms with Gasteiger partial charge < -0.3 is 9.47 Å². The summed E-state index contributed by atoms with van der Waals surface area (Å²) in [4.78, 5) is 14.7. The summed E-state index contributed by atoms with van der Waals surface area (Å²) in [6, 6.07) is 19.8. The Balaban J connectivity index is 1.59. The highest BCUT2D eigenvalue weighted by Gasteiger charge is 2.54. The van der Waals surface area contributed by atoms with Gasteiger partial charge in [0.05, 0.1) is 10.7 Å². The summed E-state index contributed by atoms with van der Waals surface area (Å²) in [6.07, 6.45) is -0.695. The van der Waals surface area contributed by atoms with Crippen molar-refractivity contribution < 1.29 is 14.3 Å². The number of anilines is 1. The number of hydrogen-bond donors (Lipinski definition) is 0. The lowest BCUT2D eigenvalue weighted by atomic mass is 9.89. The molecule has 1 amide bonds. The van der Waals surface area contributed by atoms with Crippen LogP contribution < -0.4 is 14.4 Å². The normalized spacial score (nSPS) is 19.8. The number of hydrogen-bond acceptors (Lipinski definition) is 3. The highest BCUT2D eigenvalue weighted by molar-refractivity contribution is 6.35. The van der Waals surface area contributed by atoms with E-state index in [0.717, 1.165) is 11.3 Å². The van der Waals surface area contributed by atoms with Crippen molar-refractivity contribution in [1.82, 2.24) is 0 Å². The fraction of sp³-hybridized carbons (Fsp3) is 0.0952. The molecule has 4 nitrogen and oxygen atoms in total. The third-order valence-electron chi connectivity index (χ3n) is 4.78. The number of nitrogens with zero attached hydrogens (tertiary/aromatic N) is 1. The Morgan fingerprint density at radius 2 is 1.67 bits per heavy atom. The largest absolute Gasteiger partial charge is 0.476 e. The number of carbonyl (C=O) groups excluding carboxylic acids is 1. The first-order valence-electron chi connectivity index (χ1n) is 8.44. The molecular weight excluding hydrogens is 385 g/mol. The molecule has 5 rings (SSSR count). The van der Waals surface area contributed by atoms with Crippen LogP contribution in [0.25, 0.3) is 0 Å². The molecule has 0 aromatic heterocycles. The number of para-hydroxylation sites is 3. The minimum absolute atomic E-state index is 0.140. The van der Waals surface area contributed by atoms with E-state index < -0.39 is 6.10 Å². The molecule has 27 heavy (non-hydrogen) atoms. The summed E-state index contributed by atoms with van der Waals surface area (Å²) in [5.74, 6) is 1.64. The molecule has 3 aromatic carbocycles. The topological polar surface area (TPSA) is 38.8 Å². The Labute approximate surface area is 165 Å². The SMILES string of the molecule is O=C1[C@@H](Oc2ccc(Cl)cc2Cl)[C@@H]2c3ccccc3Oc3ccccc3N12. The predicted molar refractivity (Wildman–Crippen MR) is 104 cm³/mol. The number of amides is 1. The van der Waals surface area contributed by atoms with Crippen molar-refractivity contribution in [3.8, 4) is 17.2 Å². The van der Waals surface area contributed by atoms with Crippen molar-refractivity contribution in [1.29, 1.82) is 0 Å². The molecule has 6 heteroatoms. The van der Waals surface area contributed by atoms with Crippen LogP contribution in [0.5, 0.6) is 17.2 Å². The van der Waals surface area contributed by atoms with Crippen LogP contribution in [0.2, 0.25) is 10.0 Å². The van der Waals surface area contributed by atoms with Crippen LogP contribution in [-0.2, 0) is 4.79 Å². The molecule has 0 unspecified atom stereocenters. The number of fused-ring (bicyclic) bond motifs is 5. The molecule has 1 fully saturated rings. The number of halogens is 2. The zero-order valence-corrected chi connectivity index (χ0v) is 15.4. The quantitative estimate of drug-likeness (QED) is 0.525. The zero-order valence-electron chi connectivity index (χ0n) is 13.9. The van der Waals surface area contributed by atoms with Crippen molar-refractivity contribution in [2.45, 2.75) is 12.1 Å². The highest BCUT2D eigenvalue weighted by atomic mass is 35.5. The van der Waals surface area contributed by atoms with Crippen molar-refractivity contribution in [2.75, 3.05) is 4.90 Å². The van der Waals surface area contributed by atoms with Gasteiger partial charge in [0.15, 0.2) is 5.75 Å². The van der Waals surface area contributed by atoms with Crippen LogP contribution >= 0.6 is 23.2 Å². The maximum Gasteiger partial charge on any atom is 0.271 e. The Kier molecular flexibility index (Phi) is 3.78. The predicted octanol–water partition coefficient (Wildman–Crippen LogP) is 5.63. The number of benzene rings is 3. The number of ether oxygens (including phenoxy) is 2. The molecule has 2 aliphatic rings. The van der Waals surface area contributed by atoms with Gasteiger partial charge in [-0.25, -0.2) is 0 Å². The van der Waals surface area contributed by atoms with Crippen LogP contribution in [0, 0.1) is 0 Å². The molecule has 0 spiro atoms. The standard InChI is InChI=1S/C21H13Cl2NO3/c22-12-9-10-17(14(23)11-12)27-20-19-13-5-1-3-7-16(13)26-18-8-4-2-6-15(18)24(19)21(20)25/h1-11,19-20H/t19-,20-/m0/s1. The van der Waals surface area contributed by atoms with Gasteiger partial charge in [-0.1, -0.05) is 53.5 Å². The number of rotatable bonds is 2. The van der Waals surface area contributed by atoms with Crippen LogP contribution in [0.3, 0.4) is 0 Å². The summed E-state index contributed by atoms with van der Waals surface area (Å²) >= 11 is 12.2. The lowest BCUT2D eigenvalue weighted by molar-refractivity contribution is -0.134. The fourth-order valence-electron chi connectivity index (χ4n) is 3.53. The van der Waals surface area contributed by atoms with Gasteiger partial charge in [0.2, 0.25) is 6.10 Å². The molecule has 134 valence electrons. The number of β-lactam (4-membered cyclic amide) rings is 1. The third-order valence-corrected chi connectivity index (χ3v) is 5.31. The minimum atomic E-state index is -0.695. The van der Waals surface area contributed by atoms with Gasteiger partial charge in [-0.15, -0.1) is 0 Å². The Morgan fingerprint density at radius 3 is 2.48 bits per heavy atom. The molecule has 3 aromatic rings. The van der Waals surface area contributed by atoms with E-state index in [0.29, 0.717) is 27.3 Å². The molecule has 0 N–H and O–H groups in total. The summed E-state index contributed by atoms with van der Waals surface area (Å²) in [5, 5.41) is 0.878. The van der Waals surface area contributed by atoms with E-state index in [-0.39, 0.29) is 11.9 Å². The molecule has 0 aliphatic carbocycles. The third kappa shape index (κ3) is 2.56. The van der Waals surface area contributed by atoms with E-state index >= 15 is 0 Å². The van der Waals surface area contributed by atoms with Crippen molar-refractivity contribution in [2.24, 2.45) is 0 Å². The van der Waals surface area contributed by atoms with Gasteiger partial charge in [0, 0.05) is 10.6 Å². The first kappa shape index (κ1) is 16.5. The Morgan fingerprint density at radius 1 is 0.926 bits per heavy atom. The average molecular weight is 398 g/mol. The molecule has 2 aliphatic heterocycles. The van der Waals surface area contributed by atoms with E-state index in [1.54, 1.807) is 23.1 Å². The molecule has 0 radical (unpaired) electrons.